The van der Waals surface area contributed by atoms with E-state index >= 15 is 0 Å². The molecule has 0 unspecified atom stereocenters. The molecule has 0 atom stereocenters. The number of rotatable bonds is 7. The third-order valence-electron chi connectivity index (χ3n) is 5.70. The maximum Gasteiger partial charge on any atom is 0.271 e. The van der Waals surface area contributed by atoms with Gasteiger partial charge in [-0.2, -0.15) is 5.10 Å². The minimum absolute atomic E-state index is 0.254. The Labute approximate surface area is 199 Å². The zero-order valence-corrected chi connectivity index (χ0v) is 19.3. The lowest BCUT2D eigenvalue weighted by Crippen LogP contribution is -2.46. The molecule has 3 aromatic carbocycles. The zero-order valence-electron chi connectivity index (χ0n) is 18.6. The number of halogens is 1. The van der Waals surface area contributed by atoms with Gasteiger partial charge >= 0.3 is 0 Å². The van der Waals surface area contributed by atoms with Gasteiger partial charge in [0.1, 0.15) is 5.75 Å². The van der Waals surface area contributed by atoms with Crippen molar-refractivity contribution in [3.05, 3.63) is 94.5 Å². The topological polar surface area (TPSA) is 57.2 Å². The molecule has 1 aliphatic rings. The molecule has 3 aromatic rings. The second kappa shape index (κ2) is 11.0. The Morgan fingerprint density at radius 3 is 2.42 bits per heavy atom. The van der Waals surface area contributed by atoms with E-state index in [9.17, 15) is 4.79 Å². The quantitative estimate of drug-likeness (QED) is 0.416. The first kappa shape index (κ1) is 22.8. The van der Waals surface area contributed by atoms with Crippen LogP contribution in [-0.4, -0.2) is 50.3 Å². The van der Waals surface area contributed by atoms with Gasteiger partial charge in [-0.25, -0.2) is 5.43 Å². The van der Waals surface area contributed by atoms with Gasteiger partial charge < -0.3 is 9.64 Å². The summed E-state index contributed by atoms with van der Waals surface area (Å²) in [5.74, 6) is 0.659. The lowest BCUT2D eigenvalue weighted by Gasteiger charge is -2.36. The summed E-state index contributed by atoms with van der Waals surface area (Å²) in [6.45, 7) is 4.69. The van der Waals surface area contributed by atoms with Crippen LogP contribution in [0.5, 0.6) is 5.75 Å². The lowest BCUT2D eigenvalue weighted by molar-refractivity contribution is 0.0955. The number of benzene rings is 3. The molecular formula is C26H27ClN4O2. The summed E-state index contributed by atoms with van der Waals surface area (Å²) >= 11 is 6.09. The summed E-state index contributed by atoms with van der Waals surface area (Å²) in [5.41, 5.74) is 6.19. The minimum Gasteiger partial charge on any atom is -0.495 e. The van der Waals surface area contributed by atoms with Crippen molar-refractivity contribution in [1.29, 1.82) is 0 Å². The number of nitrogens with one attached hydrogen (secondary N) is 1. The number of nitrogens with zero attached hydrogens (tertiary/aromatic N) is 3. The fourth-order valence-electron chi connectivity index (χ4n) is 3.86. The number of carbonyl (C=O) groups is 1. The van der Waals surface area contributed by atoms with Crippen LogP contribution < -0.4 is 15.1 Å². The van der Waals surface area contributed by atoms with E-state index in [1.807, 2.05) is 60.7 Å². The third kappa shape index (κ3) is 5.92. The summed E-state index contributed by atoms with van der Waals surface area (Å²) in [5, 5.41) is 4.60. The molecule has 33 heavy (non-hydrogen) atoms. The van der Waals surface area contributed by atoms with E-state index in [2.05, 4.69) is 26.4 Å². The molecule has 1 aliphatic heterocycles. The summed E-state index contributed by atoms with van der Waals surface area (Å²) in [4.78, 5) is 17.2. The highest BCUT2D eigenvalue weighted by Gasteiger charge is 2.19. The Kier molecular flexibility index (Phi) is 7.60. The molecule has 0 aliphatic carbocycles. The Hall–Kier alpha value is -3.35. The number of hydrogen-bond acceptors (Lipinski definition) is 5. The molecule has 6 nitrogen and oxygen atoms in total. The first-order valence-corrected chi connectivity index (χ1v) is 11.3. The Bertz CT molecular complexity index is 1110. The number of hydrogen-bond donors (Lipinski definition) is 1. The number of hydrazone groups is 1. The van der Waals surface area contributed by atoms with Gasteiger partial charge in [0.25, 0.3) is 5.91 Å². The van der Waals surface area contributed by atoms with Crippen LogP contribution in [0, 0.1) is 0 Å². The summed E-state index contributed by atoms with van der Waals surface area (Å²) in [7, 11) is 1.71. The van der Waals surface area contributed by atoms with Gasteiger partial charge in [0.2, 0.25) is 0 Å². The highest BCUT2D eigenvalue weighted by molar-refractivity contribution is 6.33. The van der Waals surface area contributed by atoms with Crippen LogP contribution in [0.4, 0.5) is 5.69 Å². The van der Waals surface area contributed by atoms with Crippen LogP contribution in [0.2, 0.25) is 5.02 Å². The van der Waals surface area contributed by atoms with Crippen LogP contribution in [0.3, 0.4) is 0 Å². The maximum absolute atomic E-state index is 12.4. The molecule has 170 valence electrons. The second-order valence-corrected chi connectivity index (χ2v) is 8.26. The first-order valence-electron chi connectivity index (χ1n) is 10.9. The van der Waals surface area contributed by atoms with Crippen molar-refractivity contribution in [3.8, 4) is 5.75 Å². The van der Waals surface area contributed by atoms with Crippen molar-refractivity contribution in [1.82, 2.24) is 10.3 Å². The van der Waals surface area contributed by atoms with E-state index < -0.39 is 0 Å². The molecule has 1 saturated heterocycles. The number of ether oxygens (including phenoxy) is 1. The average Bonchev–Trinajstić information content (AvgIpc) is 2.86. The van der Waals surface area contributed by atoms with E-state index in [-0.39, 0.29) is 5.91 Å². The zero-order chi connectivity index (χ0) is 23.0. The second-order valence-electron chi connectivity index (χ2n) is 7.85. The van der Waals surface area contributed by atoms with E-state index in [1.165, 1.54) is 5.56 Å². The highest BCUT2D eigenvalue weighted by atomic mass is 35.5. The van der Waals surface area contributed by atoms with Gasteiger partial charge in [0.05, 0.1) is 19.0 Å². The molecule has 0 bridgehead atoms. The molecule has 0 spiro atoms. The predicted octanol–water partition coefficient (Wildman–Crippen LogP) is 4.43. The van der Waals surface area contributed by atoms with Crippen LogP contribution >= 0.6 is 11.6 Å². The molecule has 1 N–H and O–H groups in total. The smallest absolute Gasteiger partial charge is 0.271 e. The van der Waals surface area contributed by atoms with Crippen molar-refractivity contribution < 1.29 is 9.53 Å². The van der Waals surface area contributed by atoms with Crippen LogP contribution in [0.1, 0.15) is 21.5 Å². The molecule has 0 saturated carbocycles. The predicted molar refractivity (Wildman–Crippen MR) is 133 cm³/mol. The fraction of sp³-hybridized carbons (Fsp3) is 0.231. The van der Waals surface area contributed by atoms with Gasteiger partial charge in [-0.1, -0.05) is 54.1 Å². The van der Waals surface area contributed by atoms with Gasteiger partial charge in [-0.05, 0) is 35.9 Å². The average molecular weight is 463 g/mol. The van der Waals surface area contributed by atoms with Crippen molar-refractivity contribution in [2.75, 3.05) is 38.2 Å². The lowest BCUT2D eigenvalue weighted by atomic mass is 10.1. The highest BCUT2D eigenvalue weighted by Crippen LogP contribution is 2.28. The summed E-state index contributed by atoms with van der Waals surface area (Å²) in [6, 6.07) is 23.1. The van der Waals surface area contributed by atoms with Crippen LogP contribution in [0.25, 0.3) is 0 Å². The number of methoxy groups -OCH3 is 1. The van der Waals surface area contributed by atoms with Crippen molar-refractivity contribution >= 4 is 29.4 Å². The first-order chi connectivity index (χ1) is 16.1. The number of carbonyl (C=O) groups excluding carboxylic acids is 1. The molecule has 1 heterocycles. The van der Waals surface area contributed by atoms with Gasteiger partial charge in [-0.15, -0.1) is 0 Å². The van der Waals surface area contributed by atoms with Crippen molar-refractivity contribution in [2.45, 2.75) is 6.54 Å². The molecule has 1 amide bonds. The number of piperazine rings is 1. The molecule has 7 heteroatoms. The number of amides is 1. The fourth-order valence-corrected chi connectivity index (χ4v) is 4.05. The van der Waals surface area contributed by atoms with Gasteiger partial charge in [-0.3, -0.25) is 9.69 Å². The Morgan fingerprint density at radius 2 is 1.70 bits per heavy atom. The SMILES string of the molecule is COc1ccccc1N1CCN(Cc2ccc(C(=O)N/N=C\c3ccccc3Cl)cc2)CC1. The van der Waals surface area contributed by atoms with Crippen molar-refractivity contribution in [2.24, 2.45) is 5.10 Å². The van der Waals surface area contributed by atoms with Crippen LogP contribution in [0.15, 0.2) is 77.9 Å². The van der Waals surface area contributed by atoms with Gasteiger partial charge in [0.15, 0.2) is 0 Å². The summed E-state index contributed by atoms with van der Waals surface area (Å²) in [6.07, 6.45) is 1.54. The maximum atomic E-state index is 12.4. The minimum atomic E-state index is -0.254. The number of para-hydroxylation sites is 2. The number of anilines is 1. The molecule has 0 aromatic heterocycles. The molecule has 4 rings (SSSR count). The van der Waals surface area contributed by atoms with Gasteiger partial charge in [0, 0.05) is 48.9 Å². The largest absolute Gasteiger partial charge is 0.495 e. The Balaban J connectivity index is 1.27. The molecule has 0 radical (unpaired) electrons. The van der Waals surface area contributed by atoms with E-state index in [0.717, 1.165) is 49.7 Å². The monoisotopic (exact) mass is 462 g/mol. The summed E-state index contributed by atoms with van der Waals surface area (Å²) < 4.78 is 5.50. The molecular weight excluding hydrogens is 436 g/mol. The normalized spacial score (nSPS) is 14.4. The van der Waals surface area contributed by atoms with E-state index in [4.69, 9.17) is 16.3 Å². The molecule has 1 fully saturated rings. The standard InChI is InChI=1S/C26H27ClN4O2/c1-33-25-9-5-4-8-24(25)31-16-14-30(15-17-31)19-20-10-12-21(13-11-20)26(32)29-28-18-22-6-2-3-7-23(22)27/h2-13,18H,14-17,19H2,1H3,(H,29,32)/b28-18-. The van der Waals surface area contributed by atoms with E-state index in [1.54, 1.807) is 19.4 Å². The van der Waals surface area contributed by atoms with Crippen molar-refractivity contribution in [3.63, 3.8) is 0 Å². The van der Waals surface area contributed by atoms with Crippen LogP contribution in [-0.2, 0) is 6.54 Å². The van der Waals surface area contributed by atoms with E-state index in [0.29, 0.717) is 10.6 Å². The Morgan fingerprint density at radius 1 is 1.00 bits per heavy atom. The third-order valence-corrected chi connectivity index (χ3v) is 6.04.